The number of hydrogen-bond acceptors (Lipinski definition) is 3. The third-order valence-corrected chi connectivity index (χ3v) is 4.55. The van der Waals surface area contributed by atoms with E-state index in [0.29, 0.717) is 12.6 Å². The molecule has 1 amide bonds. The van der Waals surface area contributed by atoms with E-state index in [1.54, 1.807) is 0 Å². The predicted molar refractivity (Wildman–Crippen MR) is 86.9 cm³/mol. The first-order valence-corrected chi connectivity index (χ1v) is 8.46. The Bertz CT molecular complexity index is 496. The fraction of sp³-hybridized carbons (Fsp3) is 0.588. The molecule has 1 N–H and O–H groups in total. The lowest BCUT2D eigenvalue weighted by Gasteiger charge is -2.26. The number of nitrogens with zero attached hydrogens (tertiary/aromatic N) is 1. The Morgan fingerprint density at radius 3 is 2.50 bits per heavy atom. The molecule has 0 aromatic heterocycles. The predicted octanol–water partition coefficient (Wildman–Crippen LogP) is 2.60. The molecule has 1 heterocycles. The molecule has 0 unspecified atom stereocenters. The van der Waals surface area contributed by atoms with Gasteiger partial charge in [-0.05, 0) is 56.5 Å². The van der Waals surface area contributed by atoms with Crippen molar-refractivity contribution in [2.45, 2.75) is 44.4 Å². The van der Waals surface area contributed by atoms with Crippen LogP contribution in [0.1, 0.15) is 31.2 Å². The van der Waals surface area contributed by atoms with Crippen molar-refractivity contribution < 1.29 is 9.53 Å². The first-order chi connectivity index (χ1) is 10.7. The zero-order valence-corrected chi connectivity index (χ0v) is 13.5. The van der Waals surface area contributed by atoms with Crippen LogP contribution in [0, 0.1) is 0 Å². The molecule has 2 aliphatic rings. The van der Waals surface area contributed by atoms with Gasteiger partial charge in [-0.3, -0.25) is 4.79 Å². The average molecular weight is 323 g/mol. The summed E-state index contributed by atoms with van der Waals surface area (Å²) in [6, 6.07) is 8.10. The number of piperidine rings is 1. The summed E-state index contributed by atoms with van der Waals surface area (Å²) in [7, 11) is 0. The quantitative estimate of drug-likeness (QED) is 0.875. The molecule has 2 fully saturated rings. The van der Waals surface area contributed by atoms with Crippen LogP contribution in [0.15, 0.2) is 24.3 Å². The third-order valence-electron chi connectivity index (χ3n) is 4.30. The van der Waals surface area contributed by atoms with Gasteiger partial charge in [-0.15, -0.1) is 0 Å². The van der Waals surface area contributed by atoms with Crippen LogP contribution >= 0.6 is 11.6 Å². The van der Waals surface area contributed by atoms with Crippen LogP contribution in [0.5, 0.6) is 0 Å². The molecular formula is C17H23ClN2O2. The van der Waals surface area contributed by atoms with Crippen molar-refractivity contribution in [1.82, 2.24) is 10.2 Å². The summed E-state index contributed by atoms with van der Waals surface area (Å²) in [5, 5.41) is 4.03. The van der Waals surface area contributed by atoms with Gasteiger partial charge in [0, 0.05) is 17.6 Å². The number of rotatable bonds is 6. The molecule has 1 aromatic carbocycles. The summed E-state index contributed by atoms with van der Waals surface area (Å²) in [5.41, 5.74) is 1.12. The van der Waals surface area contributed by atoms with Crippen molar-refractivity contribution in [2.75, 3.05) is 19.7 Å². The van der Waals surface area contributed by atoms with E-state index in [1.165, 1.54) is 0 Å². The number of amides is 1. The van der Waals surface area contributed by atoms with Crippen LogP contribution in [-0.4, -0.2) is 42.6 Å². The van der Waals surface area contributed by atoms with Crippen molar-refractivity contribution in [2.24, 2.45) is 0 Å². The van der Waals surface area contributed by atoms with Gasteiger partial charge in [0.1, 0.15) is 6.61 Å². The number of carbonyl (C=O) groups excluding carboxylic acids is 1. The molecule has 1 saturated carbocycles. The highest BCUT2D eigenvalue weighted by atomic mass is 35.5. The minimum absolute atomic E-state index is 0.107. The fourth-order valence-corrected chi connectivity index (χ4v) is 2.95. The van der Waals surface area contributed by atoms with Crippen LogP contribution in [0.2, 0.25) is 5.02 Å². The van der Waals surface area contributed by atoms with Gasteiger partial charge in [-0.2, -0.15) is 0 Å². The first-order valence-electron chi connectivity index (χ1n) is 8.08. The molecule has 0 atom stereocenters. The maximum Gasteiger partial charge on any atom is 0.249 e. The van der Waals surface area contributed by atoms with Crippen LogP contribution in [0.3, 0.4) is 0 Å². The van der Waals surface area contributed by atoms with E-state index in [0.717, 1.165) is 49.4 Å². The van der Waals surface area contributed by atoms with Crippen LogP contribution < -0.4 is 5.32 Å². The lowest BCUT2D eigenvalue weighted by Crippen LogP contribution is -2.38. The summed E-state index contributed by atoms with van der Waals surface area (Å²) in [6.45, 7) is 2.82. The molecule has 0 spiro atoms. The van der Waals surface area contributed by atoms with Crippen molar-refractivity contribution in [3.05, 3.63) is 34.9 Å². The van der Waals surface area contributed by atoms with Crippen molar-refractivity contribution in [3.8, 4) is 0 Å². The Morgan fingerprint density at radius 1 is 1.18 bits per heavy atom. The fourth-order valence-electron chi connectivity index (χ4n) is 2.83. The zero-order valence-electron chi connectivity index (χ0n) is 12.8. The molecule has 0 bridgehead atoms. The van der Waals surface area contributed by atoms with Gasteiger partial charge in [-0.25, -0.2) is 0 Å². The lowest BCUT2D eigenvalue weighted by molar-refractivity contribution is -0.140. The second kappa shape index (κ2) is 7.44. The monoisotopic (exact) mass is 322 g/mol. The smallest absolute Gasteiger partial charge is 0.249 e. The molecule has 1 aliphatic carbocycles. The average Bonchev–Trinajstić information content (AvgIpc) is 3.38. The second-order valence-electron chi connectivity index (χ2n) is 6.14. The van der Waals surface area contributed by atoms with Crippen molar-refractivity contribution >= 4 is 17.5 Å². The maximum atomic E-state index is 12.5. The molecule has 120 valence electrons. The first kappa shape index (κ1) is 15.8. The van der Waals surface area contributed by atoms with Crippen LogP contribution in [-0.2, 0) is 16.1 Å². The van der Waals surface area contributed by atoms with Crippen molar-refractivity contribution in [3.63, 3.8) is 0 Å². The van der Waals surface area contributed by atoms with E-state index >= 15 is 0 Å². The number of ether oxygens (including phenoxy) is 1. The minimum atomic E-state index is 0.107. The number of nitrogens with one attached hydrogen (secondary N) is 1. The highest BCUT2D eigenvalue weighted by molar-refractivity contribution is 6.30. The highest BCUT2D eigenvalue weighted by Gasteiger charge is 2.32. The number of carbonyl (C=O) groups is 1. The summed E-state index contributed by atoms with van der Waals surface area (Å²) < 4.78 is 5.81. The topological polar surface area (TPSA) is 41.6 Å². The molecular weight excluding hydrogens is 300 g/mol. The van der Waals surface area contributed by atoms with Gasteiger partial charge in [0.05, 0.1) is 6.10 Å². The summed E-state index contributed by atoms with van der Waals surface area (Å²) in [6.07, 6.45) is 4.42. The molecule has 1 saturated heterocycles. The maximum absolute atomic E-state index is 12.5. The van der Waals surface area contributed by atoms with E-state index in [9.17, 15) is 4.79 Å². The van der Waals surface area contributed by atoms with Gasteiger partial charge in [0.2, 0.25) is 5.91 Å². The molecule has 1 aliphatic heterocycles. The van der Waals surface area contributed by atoms with Crippen LogP contribution in [0.4, 0.5) is 0 Å². The van der Waals surface area contributed by atoms with E-state index in [-0.39, 0.29) is 18.6 Å². The highest BCUT2D eigenvalue weighted by Crippen LogP contribution is 2.29. The van der Waals surface area contributed by atoms with Crippen LogP contribution in [0.25, 0.3) is 0 Å². The Labute approximate surface area is 136 Å². The zero-order chi connectivity index (χ0) is 15.4. The summed E-state index contributed by atoms with van der Waals surface area (Å²) in [5.74, 6) is 0.107. The van der Waals surface area contributed by atoms with E-state index in [1.807, 2.05) is 29.2 Å². The number of hydrogen-bond donors (Lipinski definition) is 1. The Balaban J connectivity index is 1.53. The lowest BCUT2D eigenvalue weighted by atomic mass is 10.1. The number of benzene rings is 1. The van der Waals surface area contributed by atoms with Gasteiger partial charge in [-0.1, -0.05) is 23.7 Å². The molecule has 5 heteroatoms. The SMILES string of the molecule is O=C(COC1CCNCC1)N(Cc1ccc(Cl)cc1)C1CC1. The number of halogens is 1. The van der Waals surface area contributed by atoms with E-state index < -0.39 is 0 Å². The van der Waals surface area contributed by atoms with E-state index in [4.69, 9.17) is 16.3 Å². The normalized spacial score (nSPS) is 19.1. The molecule has 1 aromatic rings. The summed E-state index contributed by atoms with van der Waals surface area (Å²) >= 11 is 5.92. The van der Waals surface area contributed by atoms with Gasteiger partial charge < -0.3 is 15.0 Å². The Hall–Kier alpha value is -1.10. The molecule has 22 heavy (non-hydrogen) atoms. The summed E-state index contributed by atoms with van der Waals surface area (Å²) in [4.78, 5) is 14.5. The molecule has 4 nitrogen and oxygen atoms in total. The standard InChI is InChI=1S/C17H23ClN2O2/c18-14-3-1-13(2-4-14)11-20(15-5-6-15)17(21)12-22-16-7-9-19-10-8-16/h1-4,15-16,19H,5-12H2. The third kappa shape index (κ3) is 4.45. The molecule has 0 radical (unpaired) electrons. The molecule has 3 rings (SSSR count). The van der Waals surface area contributed by atoms with Gasteiger partial charge in [0.25, 0.3) is 0 Å². The van der Waals surface area contributed by atoms with Gasteiger partial charge in [0.15, 0.2) is 0 Å². The second-order valence-corrected chi connectivity index (χ2v) is 6.58. The Kier molecular flexibility index (Phi) is 5.34. The van der Waals surface area contributed by atoms with E-state index in [2.05, 4.69) is 5.32 Å². The van der Waals surface area contributed by atoms with Gasteiger partial charge >= 0.3 is 0 Å². The minimum Gasteiger partial charge on any atom is -0.368 e. The largest absolute Gasteiger partial charge is 0.368 e. The van der Waals surface area contributed by atoms with Crippen molar-refractivity contribution in [1.29, 1.82) is 0 Å². The Morgan fingerprint density at radius 2 is 1.86 bits per heavy atom.